The monoisotopic (exact) mass is 323 g/mol. The highest BCUT2D eigenvalue weighted by Crippen LogP contribution is 2.14. The Bertz CT molecular complexity index is 770. The number of hydrogen-bond acceptors (Lipinski definition) is 3. The molecule has 0 saturated carbocycles. The average Bonchev–Trinajstić information content (AvgIpc) is 2.49. The first kappa shape index (κ1) is 17.4. The molecular formula is C19H21N3O2. The second-order valence-electron chi connectivity index (χ2n) is 5.77. The maximum atomic E-state index is 12.1. The summed E-state index contributed by atoms with van der Waals surface area (Å²) in [5, 5.41) is 6.70. The van der Waals surface area contributed by atoms with Crippen molar-refractivity contribution in [1.82, 2.24) is 5.43 Å². The normalized spacial score (nSPS) is 10.7. The van der Waals surface area contributed by atoms with Crippen LogP contribution in [0.3, 0.4) is 0 Å². The lowest BCUT2D eigenvalue weighted by Gasteiger charge is -2.07. The van der Waals surface area contributed by atoms with E-state index in [-0.39, 0.29) is 11.8 Å². The third-order valence-corrected chi connectivity index (χ3v) is 3.57. The molecule has 0 aliphatic carbocycles. The topological polar surface area (TPSA) is 70.6 Å². The number of rotatable bonds is 4. The van der Waals surface area contributed by atoms with Crippen LogP contribution >= 0.6 is 0 Å². The van der Waals surface area contributed by atoms with Crippen molar-refractivity contribution in [1.29, 1.82) is 0 Å². The smallest absolute Gasteiger partial charge is 0.271 e. The summed E-state index contributed by atoms with van der Waals surface area (Å²) in [4.78, 5) is 23.1. The van der Waals surface area contributed by atoms with Crippen LogP contribution in [0.4, 0.5) is 5.69 Å². The Morgan fingerprint density at radius 2 is 1.58 bits per heavy atom. The van der Waals surface area contributed by atoms with Crippen molar-refractivity contribution in [3.8, 4) is 0 Å². The van der Waals surface area contributed by atoms with E-state index in [0.717, 1.165) is 16.7 Å². The lowest BCUT2D eigenvalue weighted by atomic mass is 10.0. The Kier molecular flexibility index (Phi) is 5.47. The number of hydrazone groups is 1. The van der Waals surface area contributed by atoms with E-state index in [9.17, 15) is 9.59 Å². The molecule has 2 rings (SSSR count). The molecule has 0 aliphatic rings. The second kappa shape index (κ2) is 7.55. The van der Waals surface area contributed by atoms with E-state index < -0.39 is 0 Å². The van der Waals surface area contributed by atoms with Gasteiger partial charge in [0.2, 0.25) is 5.91 Å². The number of anilines is 1. The summed E-state index contributed by atoms with van der Waals surface area (Å²) >= 11 is 0. The van der Waals surface area contributed by atoms with E-state index in [1.54, 1.807) is 30.5 Å². The zero-order valence-electron chi connectivity index (χ0n) is 14.3. The summed E-state index contributed by atoms with van der Waals surface area (Å²) in [7, 11) is 0. The van der Waals surface area contributed by atoms with Crippen LogP contribution in [0.2, 0.25) is 0 Å². The van der Waals surface area contributed by atoms with Gasteiger partial charge in [-0.05, 0) is 56.2 Å². The van der Waals surface area contributed by atoms with Crippen LogP contribution in [0.5, 0.6) is 0 Å². The highest BCUT2D eigenvalue weighted by Gasteiger charge is 2.05. The van der Waals surface area contributed by atoms with Crippen molar-refractivity contribution in [2.75, 3.05) is 5.32 Å². The molecule has 0 aromatic heterocycles. The number of carbonyl (C=O) groups is 2. The number of amides is 2. The maximum Gasteiger partial charge on any atom is 0.271 e. The molecule has 0 fully saturated rings. The van der Waals surface area contributed by atoms with Gasteiger partial charge in [-0.25, -0.2) is 5.43 Å². The molecule has 0 aliphatic heterocycles. The van der Waals surface area contributed by atoms with E-state index in [1.165, 1.54) is 12.5 Å². The minimum Gasteiger partial charge on any atom is -0.326 e. The SMILES string of the molecule is CC(=O)Nc1ccc(C(=O)N/N=C\c2c(C)cc(C)cc2C)cc1. The fraction of sp³-hybridized carbons (Fsp3) is 0.211. The van der Waals surface area contributed by atoms with Crippen LogP contribution in [0, 0.1) is 20.8 Å². The maximum absolute atomic E-state index is 12.1. The fourth-order valence-corrected chi connectivity index (χ4v) is 2.52. The summed E-state index contributed by atoms with van der Waals surface area (Å²) in [5.41, 5.74) is 8.07. The standard InChI is InChI=1S/C19H21N3O2/c1-12-9-13(2)18(14(3)10-12)11-20-22-19(24)16-5-7-17(8-6-16)21-15(4)23/h5-11H,1-4H3,(H,21,23)(H,22,24)/b20-11-. The molecular weight excluding hydrogens is 302 g/mol. The van der Waals surface area contributed by atoms with Gasteiger partial charge in [0.25, 0.3) is 5.91 Å². The highest BCUT2D eigenvalue weighted by atomic mass is 16.2. The van der Waals surface area contributed by atoms with Crippen molar-refractivity contribution >= 4 is 23.7 Å². The van der Waals surface area contributed by atoms with E-state index >= 15 is 0 Å². The summed E-state index contributed by atoms with van der Waals surface area (Å²) in [5.74, 6) is -0.455. The predicted octanol–water partition coefficient (Wildman–Crippen LogP) is 3.33. The number of carbonyl (C=O) groups excluding carboxylic acids is 2. The van der Waals surface area contributed by atoms with Crippen LogP contribution in [0.1, 0.15) is 39.5 Å². The van der Waals surface area contributed by atoms with Crippen molar-refractivity contribution in [2.45, 2.75) is 27.7 Å². The molecule has 0 radical (unpaired) electrons. The first-order valence-electron chi connectivity index (χ1n) is 7.65. The van der Waals surface area contributed by atoms with E-state index in [0.29, 0.717) is 11.3 Å². The Labute approximate surface area is 141 Å². The first-order chi connectivity index (χ1) is 11.4. The molecule has 2 aromatic rings. The van der Waals surface area contributed by atoms with Gasteiger partial charge in [-0.3, -0.25) is 9.59 Å². The Morgan fingerprint density at radius 3 is 2.12 bits per heavy atom. The average molecular weight is 323 g/mol. The summed E-state index contributed by atoms with van der Waals surface area (Å²) in [6, 6.07) is 10.8. The van der Waals surface area contributed by atoms with Gasteiger partial charge >= 0.3 is 0 Å². The minimum atomic E-state index is -0.303. The molecule has 0 saturated heterocycles. The minimum absolute atomic E-state index is 0.152. The predicted molar refractivity (Wildman–Crippen MR) is 96.5 cm³/mol. The molecule has 0 heterocycles. The number of nitrogens with zero attached hydrogens (tertiary/aromatic N) is 1. The molecule has 2 aromatic carbocycles. The lowest BCUT2D eigenvalue weighted by Crippen LogP contribution is -2.17. The number of nitrogens with one attached hydrogen (secondary N) is 2. The van der Waals surface area contributed by atoms with Crippen LogP contribution in [0.25, 0.3) is 0 Å². The van der Waals surface area contributed by atoms with Gasteiger partial charge in [0.15, 0.2) is 0 Å². The summed E-state index contributed by atoms with van der Waals surface area (Å²) in [6.45, 7) is 7.52. The number of aryl methyl sites for hydroxylation is 3. The number of hydrogen-bond donors (Lipinski definition) is 2. The molecule has 24 heavy (non-hydrogen) atoms. The highest BCUT2D eigenvalue weighted by molar-refractivity contribution is 5.96. The summed E-state index contributed by atoms with van der Waals surface area (Å²) in [6.07, 6.45) is 1.66. The van der Waals surface area contributed by atoms with Gasteiger partial charge in [-0.2, -0.15) is 5.10 Å². The molecule has 0 spiro atoms. The van der Waals surface area contributed by atoms with E-state index in [2.05, 4.69) is 28.0 Å². The van der Waals surface area contributed by atoms with Crippen molar-refractivity contribution in [2.24, 2.45) is 5.10 Å². The summed E-state index contributed by atoms with van der Waals surface area (Å²) < 4.78 is 0. The van der Waals surface area contributed by atoms with Crippen LogP contribution < -0.4 is 10.7 Å². The lowest BCUT2D eigenvalue weighted by molar-refractivity contribution is -0.114. The van der Waals surface area contributed by atoms with Gasteiger partial charge in [0, 0.05) is 23.7 Å². The van der Waals surface area contributed by atoms with Crippen molar-refractivity contribution in [3.05, 3.63) is 64.2 Å². The first-order valence-corrected chi connectivity index (χ1v) is 7.65. The molecule has 0 bridgehead atoms. The van der Waals surface area contributed by atoms with Gasteiger partial charge in [-0.1, -0.05) is 17.7 Å². The third-order valence-electron chi connectivity index (χ3n) is 3.57. The molecule has 5 nitrogen and oxygen atoms in total. The van der Waals surface area contributed by atoms with E-state index in [4.69, 9.17) is 0 Å². The molecule has 0 atom stereocenters. The largest absolute Gasteiger partial charge is 0.326 e. The second-order valence-corrected chi connectivity index (χ2v) is 5.77. The zero-order valence-corrected chi connectivity index (χ0v) is 14.3. The van der Waals surface area contributed by atoms with Crippen molar-refractivity contribution < 1.29 is 9.59 Å². The Balaban J connectivity index is 2.04. The van der Waals surface area contributed by atoms with Gasteiger partial charge in [0.1, 0.15) is 0 Å². The molecule has 0 unspecified atom stereocenters. The van der Waals surface area contributed by atoms with Crippen molar-refractivity contribution in [3.63, 3.8) is 0 Å². The van der Waals surface area contributed by atoms with Gasteiger partial charge < -0.3 is 5.32 Å². The van der Waals surface area contributed by atoms with Crippen LogP contribution in [0.15, 0.2) is 41.5 Å². The van der Waals surface area contributed by atoms with Crippen LogP contribution in [-0.2, 0) is 4.79 Å². The molecule has 2 N–H and O–H groups in total. The molecule has 2 amide bonds. The molecule has 5 heteroatoms. The number of benzene rings is 2. The Morgan fingerprint density at radius 1 is 1.00 bits per heavy atom. The van der Waals surface area contributed by atoms with Crippen LogP contribution in [-0.4, -0.2) is 18.0 Å². The zero-order chi connectivity index (χ0) is 17.7. The molecule has 124 valence electrons. The fourth-order valence-electron chi connectivity index (χ4n) is 2.52. The van der Waals surface area contributed by atoms with E-state index in [1.807, 2.05) is 20.8 Å². The quantitative estimate of drug-likeness (QED) is 0.669. The Hall–Kier alpha value is -2.95. The van der Waals surface area contributed by atoms with Gasteiger partial charge in [0.05, 0.1) is 6.21 Å². The van der Waals surface area contributed by atoms with Gasteiger partial charge in [-0.15, -0.1) is 0 Å². The third kappa shape index (κ3) is 4.52.